The Morgan fingerprint density at radius 1 is 1.20 bits per heavy atom. The van der Waals surface area contributed by atoms with E-state index in [-0.39, 0.29) is 12.1 Å². The van der Waals surface area contributed by atoms with Gasteiger partial charge < -0.3 is 15.2 Å². The third kappa shape index (κ3) is 3.10. The summed E-state index contributed by atoms with van der Waals surface area (Å²) in [6.45, 7) is 1.01. The largest absolute Gasteiger partial charge is 0.389 e. The van der Waals surface area contributed by atoms with Gasteiger partial charge in [0.25, 0.3) is 0 Å². The third-order valence-corrected chi connectivity index (χ3v) is 5.69. The maximum absolute atomic E-state index is 10.4. The normalized spacial score (nSPS) is 29.2. The highest BCUT2D eigenvalue weighted by molar-refractivity contribution is 5.33. The zero-order chi connectivity index (χ0) is 16.8. The Morgan fingerprint density at radius 3 is 2.68 bits per heavy atom. The number of aromatic nitrogens is 3. The molecule has 3 atom stereocenters. The molecule has 6 heteroatoms. The van der Waals surface area contributed by atoms with Crippen LogP contribution < -0.4 is 5.32 Å². The van der Waals surface area contributed by atoms with Gasteiger partial charge in [-0.2, -0.15) is 0 Å². The molecule has 0 radical (unpaired) electrons. The van der Waals surface area contributed by atoms with Gasteiger partial charge in [-0.3, -0.25) is 0 Å². The fraction of sp³-hybridized carbons (Fsp3) is 0.579. The van der Waals surface area contributed by atoms with Gasteiger partial charge in [0.05, 0.1) is 37.1 Å². The van der Waals surface area contributed by atoms with E-state index in [1.807, 2.05) is 10.9 Å². The number of aliphatic hydroxyl groups excluding tert-OH is 1. The van der Waals surface area contributed by atoms with Gasteiger partial charge in [0.15, 0.2) is 0 Å². The molecule has 2 heterocycles. The smallest absolute Gasteiger partial charge is 0.0952 e. The molecule has 1 aliphatic heterocycles. The lowest BCUT2D eigenvalue weighted by Crippen LogP contribution is -2.50. The molecule has 6 nitrogen and oxygen atoms in total. The maximum atomic E-state index is 10.4. The van der Waals surface area contributed by atoms with Gasteiger partial charge in [-0.15, -0.1) is 5.10 Å². The fourth-order valence-corrected chi connectivity index (χ4v) is 4.16. The maximum Gasteiger partial charge on any atom is 0.0952 e. The van der Waals surface area contributed by atoms with Crippen LogP contribution in [0.5, 0.6) is 0 Å². The number of nitrogens with one attached hydrogen (secondary N) is 1. The number of hydrogen-bond acceptors (Lipinski definition) is 5. The number of ether oxygens (including phenoxy) is 1. The molecule has 2 aliphatic carbocycles. The first-order valence-corrected chi connectivity index (χ1v) is 9.29. The molecule has 0 amide bonds. The number of aliphatic hydroxyl groups is 1. The molecule has 0 spiro atoms. The van der Waals surface area contributed by atoms with Crippen molar-refractivity contribution < 1.29 is 9.84 Å². The van der Waals surface area contributed by atoms with Crippen molar-refractivity contribution in [2.45, 2.75) is 62.4 Å². The molecule has 0 bridgehead atoms. The predicted molar refractivity (Wildman–Crippen MR) is 92.3 cm³/mol. The molecule has 25 heavy (non-hydrogen) atoms. The second-order valence-electron chi connectivity index (χ2n) is 7.65. The standard InChI is InChI=1S/C19H24N4O2/c24-17-11-25-18(10-23-9-16(21-22-23)12-5-6-12)19(17)20-15-7-13-3-1-2-4-14(13)8-15/h1-4,9,12,15,17-20,24H,5-8,10-11H2/t17-,18+,19+/m0/s1. The minimum absolute atomic E-state index is 0.0621. The van der Waals surface area contributed by atoms with Gasteiger partial charge >= 0.3 is 0 Å². The summed E-state index contributed by atoms with van der Waals surface area (Å²) in [5.74, 6) is 0.606. The molecule has 1 aromatic carbocycles. The number of fused-ring (bicyclic) bond motifs is 1. The zero-order valence-corrected chi connectivity index (χ0v) is 14.2. The van der Waals surface area contributed by atoms with Crippen molar-refractivity contribution in [3.8, 4) is 0 Å². The van der Waals surface area contributed by atoms with E-state index in [2.05, 4.69) is 39.9 Å². The quantitative estimate of drug-likeness (QED) is 0.851. The van der Waals surface area contributed by atoms with E-state index in [4.69, 9.17) is 4.74 Å². The van der Waals surface area contributed by atoms with Crippen LogP contribution in [0.3, 0.4) is 0 Å². The average molecular weight is 340 g/mol. The number of hydrogen-bond donors (Lipinski definition) is 2. The van der Waals surface area contributed by atoms with Crippen LogP contribution in [0.25, 0.3) is 0 Å². The lowest BCUT2D eigenvalue weighted by Gasteiger charge is -2.25. The topological polar surface area (TPSA) is 72.2 Å². The van der Waals surface area contributed by atoms with E-state index in [0.717, 1.165) is 18.5 Å². The van der Waals surface area contributed by atoms with E-state index in [9.17, 15) is 5.11 Å². The molecule has 5 rings (SSSR count). The van der Waals surface area contributed by atoms with Gasteiger partial charge in [0.2, 0.25) is 0 Å². The molecule has 3 aliphatic rings. The first kappa shape index (κ1) is 15.5. The van der Waals surface area contributed by atoms with Crippen LogP contribution in [0.1, 0.15) is 35.6 Å². The van der Waals surface area contributed by atoms with Crippen molar-refractivity contribution in [3.63, 3.8) is 0 Å². The monoisotopic (exact) mass is 340 g/mol. The Balaban J connectivity index is 1.25. The summed E-state index contributed by atoms with van der Waals surface area (Å²) in [6.07, 6.45) is 5.97. The molecule has 2 fully saturated rings. The highest BCUT2D eigenvalue weighted by Crippen LogP contribution is 2.38. The minimum atomic E-state index is -0.472. The lowest BCUT2D eigenvalue weighted by molar-refractivity contribution is 0.0735. The van der Waals surface area contributed by atoms with Crippen LogP contribution in [-0.2, 0) is 24.1 Å². The molecule has 1 saturated heterocycles. The Morgan fingerprint density at radius 2 is 1.96 bits per heavy atom. The fourth-order valence-electron chi connectivity index (χ4n) is 4.16. The van der Waals surface area contributed by atoms with Gasteiger partial charge in [0, 0.05) is 18.2 Å². The lowest BCUT2D eigenvalue weighted by atomic mass is 10.1. The molecule has 1 saturated carbocycles. The summed E-state index contributed by atoms with van der Waals surface area (Å²) in [4.78, 5) is 0. The number of nitrogens with zero attached hydrogens (tertiary/aromatic N) is 3. The summed E-state index contributed by atoms with van der Waals surface area (Å²) >= 11 is 0. The van der Waals surface area contributed by atoms with Crippen LogP contribution >= 0.6 is 0 Å². The van der Waals surface area contributed by atoms with Gasteiger partial charge in [-0.05, 0) is 36.8 Å². The summed E-state index contributed by atoms with van der Waals surface area (Å²) in [5.41, 5.74) is 3.92. The van der Waals surface area contributed by atoms with E-state index >= 15 is 0 Å². The molecule has 0 unspecified atom stereocenters. The van der Waals surface area contributed by atoms with Gasteiger partial charge in [-0.1, -0.05) is 29.5 Å². The first-order valence-electron chi connectivity index (χ1n) is 9.29. The molecular formula is C19H24N4O2. The van der Waals surface area contributed by atoms with Crippen molar-refractivity contribution in [1.82, 2.24) is 20.3 Å². The van der Waals surface area contributed by atoms with E-state index in [1.54, 1.807) is 0 Å². The van der Waals surface area contributed by atoms with Gasteiger partial charge in [0.1, 0.15) is 0 Å². The van der Waals surface area contributed by atoms with Crippen molar-refractivity contribution in [2.24, 2.45) is 0 Å². The van der Waals surface area contributed by atoms with Crippen LogP contribution in [0.2, 0.25) is 0 Å². The number of rotatable bonds is 5. The van der Waals surface area contributed by atoms with E-state index in [1.165, 1.54) is 24.0 Å². The summed E-state index contributed by atoms with van der Waals surface area (Å²) in [5, 5.41) is 22.5. The summed E-state index contributed by atoms with van der Waals surface area (Å²) in [7, 11) is 0. The summed E-state index contributed by atoms with van der Waals surface area (Å²) in [6, 6.07) is 8.89. The second kappa shape index (κ2) is 6.20. The van der Waals surface area contributed by atoms with E-state index in [0.29, 0.717) is 25.1 Å². The summed E-state index contributed by atoms with van der Waals surface area (Å²) < 4.78 is 7.72. The Bertz CT molecular complexity index is 732. The predicted octanol–water partition coefficient (Wildman–Crippen LogP) is 1.04. The Kier molecular flexibility index (Phi) is 3.84. The van der Waals surface area contributed by atoms with Crippen LogP contribution in [-0.4, -0.2) is 51.0 Å². The first-order chi connectivity index (χ1) is 12.3. The molecule has 2 aromatic rings. The SMILES string of the molecule is O[C@H]1CO[C@H](Cn2cc(C3CC3)nn2)[C@@H]1NC1Cc2ccccc2C1. The minimum Gasteiger partial charge on any atom is -0.389 e. The van der Waals surface area contributed by atoms with Crippen molar-refractivity contribution in [3.05, 3.63) is 47.3 Å². The Labute approximate surface area is 147 Å². The third-order valence-electron chi connectivity index (χ3n) is 5.69. The van der Waals surface area contributed by atoms with Crippen molar-refractivity contribution in [2.75, 3.05) is 6.61 Å². The van der Waals surface area contributed by atoms with Crippen LogP contribution in [0, 0.1) is 0 Å². The highest BCUT2D eigenvalue weighted by Gasteiger charge is 2.39. The van der Waals surface area contributed by atoms with Crippen molar-refractivity contribution in [1.29, 1.82) is 0 Å². The molecule has 2 N–H and O–H groups in total. The Hall–Kier alpha value is -1.76. The van der Waals surface area contributed by atoms with Crippen molar-refractivity contribution >= 4 is 0 Å². The second-order valence-corrected chi connectivity index (χ2v) is 7.65. The van der Waals surface area contributed by atoms with Gasteiger partial charge in [-0.25, -0.2) is 4.68 Å². The highest BCUT2D eigenvalue weighted by atomic mass is 16.5. The zero-order valence-electron chi connectivity index (χ0n) is 14.2. The van der Waals surface area contributed by atoms with Crippen LogP contribution in [0.4, 0.5) is 0 Å². The van der Waals surface area contributed by atoms with Crippen LogP contribution in [0.15, 0.2) is 30.5 Å². The number of benzene rings is 1. The molecular weight excluding hydrogens is 316 g/mol. The molecule has 1 aromatic heterocycles. The average Bonchev–Trinajstić information content (AvgIpc) is 3.08. The molecule has 132 valence electrons. The van der Waals surface area contributed by atoms with E-state index < -0.39 is 6.10 Å².